The normalized spacial score (nSPS) is 35.0. The third kappa shape index (κ3) is 4.58. The van der Waals surface area contributed by atoms with Crippen LogP contribution >= 0.6 is 11.8 Å². The third-order valence-corrected chi connectivity index (χ3v) is 9.98. The summed E-state index contributed by atoms with van der Waals surface area (Å²) in [5.74, 6) is -1.13. The number of fused-ring (bicyclic) bond motifs is 1. The smallest absolute Gasteiger partial charge is 0.244 e. The number of unbranched alkanes of at least 4 members (excludes halogenated alkanes) is 1. The molecule has 34 heavy (non-hydrogen) atoms. The summed E-state index contributed by atoms with van der Waals surface area (Å²) in [5.41, 5.74) is 0. The van der Waals surface area contributed by atoms with Gasteiger partial charge in [-0.2, -0.15) is 0 Å². The summed E-state index contributed by atoms with van der Waals surface area (Å²) < 4.78 is 4.50. The van der Waals surface area contributed by atoms with Crippen LogP contribution in [-0.4, -0.2) is 107 Å². The number of morpholine rings is 1. The molecule has 4 saturated heterocycles. The van der Waals surface area contributed by atoms with Crippen LogP contribution in [0, 0.1) is 11.8 Å². The number of nitrogens with one attached hydrogen (secondary N) is 2. The standard InChI is InChI=1S/C24H40N4O5S/c1-3-8-25-20(30)17-18-22(32)28(10-4-5-14-29)19(24(18)7-6-23(17,2)34-24)21(31)26-9-11-27-12-15-33-16-13-27/h17-19,29H,3-16H2,1-2H3,(H,25,30)(H,26,31)/t17-,18+,19?,23+,24?/m1/s1. The molecule has 0 radical (unpaired) electrons. The number of carbonyl (C=O) groups excluding carboxylic acids is 3. The van der Waals surface area contributed by atoms with E-state index in [0.29, 0.717) is 45.7 Å². The number of carbonyl (C=O) groups is 3. The fourth-order valence-electron chi connectivity index (χ4n) is 6.38. The number of aliphatic hydroxyl groups excluding tert-OH is 1. The lowest BCUT2D eigenvalue weighted by atomic mass is 9.66. The monoisotopic (exact) mass is 496 g/mol. The molecule has 192 valence electrons. The van der Waals surface area contributed by atoms with Crippen molar-refractivity contribution in [2.75, 3.05) is 59.1 Å². The zero-order chi connectivity index (χ0) is 24.3. The molecule has 10 heteroatoms. The molecule has 5 atom stereocenters. The van der Waals surface area contributed by atoms with Gasteiger partial charge in [0.05, 0.1) is 29.8 Å². The van der Waals surface area contributed by atoms with E-state index >= 15 is 0 Å². The van der Waals surface area contributed by atoms with Crippen LogP contribution in [-0.2, 0) is 19.1 Å². The van der Waals surface area contributed by atoms with E-state index in [9.17, 15) is 19.5 Å². The molecule has 4 aliphatic rings. The third-order valence-electron chi connectivity index (χ3n) is 7.99. The lowest BCUT2D eigenvalue weighted by molar-refractivity contribution is -0.140. The summed E-state index contributed by atoms with van der Waals surface area (Å²) in [6.45, 7) is 9.62. The number of rotatable bonds is 11. The molecule has 0 saturated carbocycles. The van der Waals surface area contributed by atoms with Gasteiger partial charge in [-0.3, -0.25) is 19.3 Å². The second-order valence-corrected chi connectivity index (χ2v) is 12.1. The van der Waals surface area contributed by atoms with E-state index in [2.05, 4.69) is 22.5 Å². The Labute approximate surface area is 206 Å². The van der Waals surface area contributed by atoms with Crippen LogP contribution in [0.5, 0.6) is 0 Å². The molecular weight excluding hydrogens is 456 g/mol. The van der Waals surface area contributed by atoms with E-state index in [0.717, 1.165) is 38.9 Å². The SMILES string of the molecule is CCCNC(=O)[C@H]1[C@H]2C(=O)N(CCCCO)C(C(=O)NCCN3CCOCC3)C23CC[C@]1(C)S3. The molecule has 4 rings (SSSR count). The second kappa shape index (κ2) is 10.7. The predicted molar refractivity (Wildman–Crippen MR) is 130 cm³/mol. The van der Waals surface area contributed by atoms with E-state index in [4.69, 9.17) is 4.74 Å². The van der Waals surface area contributed by atoms with E-state index in [1.54, 1.807) is 16.7 Å². The quantitative estimate of drug-likeness (QED) is 0.351. The lowest BCUT2D eigenvalue weighted by Crippen LogP contribution is -2.55. The van der Waals surface area contributed by atoms with Crippen molar-refractivity contribution < 1.29 is 24.2 Å². The molecule has 0 aromatic carbocycles. The molecule has 0 aromatic heterocycles. The first kappa shape index (κ1) is 25.7. The Morgan fingerprint density at radius 3 is 2.56 bits per heavy atom. The van der Waals surface area contributed by atoms with Crippen LogP contribution in [0.4, 0.5) is 0 Å². The molecule has 4 fully saturated rings. The summed E-state index contributed by atoms with van der Waals surface area (Å²) in [6, 6.07) is -0.579. The summed E-state index contributed by atoms with van der Waals surface area (Å²) in [4.78, 5) is 44.7. The minimum Gasteiger partial charge on any atom is -0.396 e. The highest BCUT2D eigenvalue weighted by atomic mass is 32.2. The number of nitrogens with zero attached hydrogens (tertiary/aromatic N) is 2. The summed E-state index contributed by atoms with van der Waals surface area (Å²) in [6.07, 6.45) is 3.65. The summed E-state index contributed by atoms with van der Waals surface area (Å²) >= 11 is 1.71. The van der Waals surface area contributed by atoms with Gasteiger partial charge in [0.2, 0.25) is 17.7 Å². The molecule has 4 aliphatic heterocycles. The predicted octanol–water partition coefficient (Wildman–Crippen LogP) is 0.215. The fraction of sp³-hybridized carbons (Fsp3) is 0.875. The first-order valence-electron chi connectivity index (χ1n) is 12.8. The zero-order valence-electron chi connectivity index (χ0n) is 20.5. The van der Waals surface area contributed by atoms with Gasteiger partial charge in [-0.15, -0.1) is 11.8 Å². The molecule has 3 amide bonds. The van der Waals surface area contributed by atoms with Gasteiger partial charge < -0.3 is 25.4 Å². The topological polar surface area (TPSA) is 111 Å². The largest absolute Gasteiger partial charge is 0.396 e. The van der Waals surface area contributed by atoms with Crippen molar-refractivity contribution in [1.29, 1.82) is 0 Å². The molecular formula is C24H40N4O5S. The highest BCUT2D eigenvalue weighted by molar-refractivity contribution is 8.02. The average molecular weight is 497 g/mol. The van der Waals surface area contributed by atoms with Crippen molar-refractivity contribution in [1.82, 2.24) is 20.4 Å². The zero-order valence-corrected chi connectivity index (χ0v) is 21.3. The summed E-state index contributed by atoms with van der Waals surface area (Å²) in [5, 5.41) is 15.4. The number of thioether (sulfide) groups is 1. The van der Waals surface area contributed by atoms with E-state index in [-0.39, 0.29) is 29.1 Å². The van der Waals surface area contributed by atoms with Crippen molar-refractivity contribution in [2.45, 2.75) is 61.5 Å². The Balaban J connectivity index is 1.54. The van der Waals surface area contributed by atoms with Crippen LogP contribution in [0.1, 0.15) is 46.0 Å². The lowest BCUT2D eigenvalue weighted by Gasteiger charge is -2.35. The highest BCUT2D eigenvalue weighted by Gasteiger charge is 2.76. The van der Waals surface area contributed by atoms with Gasteiger partial charge in [-0.05, 0) is 39.0 Å². The first-order chi connectivity index (χ1) is 16.4. The number of amides is 3. The van der Waals surface area contributed by atoms with E-state index in [1.165, 1.54) is 0 Å². The van der Waals surface area contributed by atoms with Crippen molar-refractivity contribution in [3.05, 3.63) is 0 Å². The van der Waals surface area contributed by atoms with Gasteiger partial charge in [-0.25, -0.2) is 0 Å². The minimum absolute atomic E-state index is 0.0551. The number of aliphatic hydroxyl groups is 1. The van der Waals surface area contributed by atoms with Gasteiger partial charge in [0.15, 0.2) is 0 Å². The molecule has 9 nitrogen and oxygen atoms in total. The van der Waals surface area contributed by atoms with E-state index in [1.807, 2.05) is 6.92 Å². The Kier molecular flexibility index (Phi) is 8.11. The van der Waals surface area contributed by atoms with Crippen molar-refractivity contribution in [3.63, 3.8) is 0 Å². The van der Waals surface area contributed by atoms with Gasteiger partial charge >= 0.3 is 0 Å². The van der Waals surface area contributed by atoms with E-state index < -0.39 is 22.6 Å². The fourth-order valence-corrected chi connectivity index (χ4v) is 8.73. The molecule has 1 spiro atoms. The molecule has 2 unspecified atom stereocenters. The van der Waals surface area contributed by atoms with Crippen LogP contribution < -0.4 is 10.6 Å². The van der Waals surface area contributed by atoms with Crippen LogP contribution in [0.3, 0.4) is 0 Å². The maximum Gasteiger partial charge on any atom is 0.244 e. The molecule has 2 bridgehead atoms. The van der Waals surface area contributed by atoms with Gasteiger partial charge in [0.1, 0.15) is 6.04 Å². The number of hydrogen-bond acceptors (Lipinski definition) is 7. The maximum atomic E-state index is 13.8. The Morgan fingerprint density at radius 1 is 1.12 bits per heavy atom. The number of hydrogen-bond donors (Lipinski definition) is 3. The molecule has 4 heterocycles. The van der Waals surface area contributed by atoms with Crippen LogP contribution in [0.15, 0.2) is 0 Å². The van der Waals surface area contributed by atoms with Gasteiger partial charge in [0, 0.05) is 50.6 Å². The Bertz CT molecular complexity index is 778. The number of likely N-dealkylation sites (tertiary alicyclic amines) is 1. The number of ether oxygens (including phenoxy) is 1. The highest BCUT2D eigenvalue weighted by Crippen LogP contribution is 2.71. The first-order valence-corrected chi connectivity index (χ1v) is 13.7. The Hall–Kier alpha value is -1.36. The molecule has 0 aromatic rings. The minimum atomic E-state index is -0.579. The van der Waals surface area contributed by atoms with Crippen LogP contribution in [0.25, 0.3) is 0 Å². The van der Waals surface area contributed by atoms with Crippen molar-refractivity contribution in [2.24, 2.45) is 11.8 Å². The van der Waals surface area contributed by atoms with Gasteiger partial charge in [0.25, 0.3) is 0 Å². The van der Waals surface area contributed by atoms with Crippen molar-refractivity contribution in [3.8, 4) is 0 Å². The maximum absolute atomic E-state index is 13.8. The molecule has 3 N–H and O–H groups in total. The average Bonchev–Trinajstić information content (AvgIpc) is 3.39. The Morgan fingerprint density at radius 2 is 1.85 bits per heavy atom. The van der Waals surface area contributed by atoms with Crippen molar-refractivity contribution >= 4 is 29.5 Å². The molecule has 0 aliphatic carbocycles. The second-order valence-electron chi connectivity index (χ2n) is 10.2. The van der Waals surface area contributed by atoms with Crippen LogP contribution in [0.2, 0.25) is 0 Å². The van der Waals surface area contributed by atoms with Gasteiger partial charge in [-0.1, -0.05) is 6.92 Å². The summed E-state index contributed by atoms with van der Waals surface area (Å²) in [7, 11) is 0.